The Bertz CT molecular complexity index is 307. The molecule has 0 bridgehead atoms. The Morgan fingerprint density at radius 1 is 1.47 bits per heavy atom. The molecular weight excluding hydrogens is 213 g/mol. The normalized spacial score (nSPS) is 10.6. The number of benzene rings is 1. The Labute approximate surface area is 93.9 Å². The summed E-state index contributed by atoms with van der Waals surface area (Å²) < 4.78 is 13.5. The molecule has 1 rings (SSSR count). The second-order valence-corrected chi connectivity index (χ2v) is 4.36. The van der Waals surface area contributed by atoms with Gasteiger partial charge in [0.1, 0.15) is 5.82 Å². The van der Waals surface area contributed by atoms with Gasteiger partial charge in [0.05, 0.1) is 0 Å². The Balaban J connectivity index is 2.58. The first-order chi connectivity index (χ1) is 7.27. The van der Waals surface area contributed by atoms with Gasteiger partial charge in [0.15, 0.2) is 0 Å². The van der Waals surface area contributed by atoms with Crippen molar-refractivity contribution >= 4 is 11.8 Å². The average molecular weight is 229 g/mol. The van der Waals surface area contributed by atoms with Crippen LogP contribution < -0.4 is 5.32 Å². The Hall–Kier alpha value is -0.580. The van der Waals surface area contributed by atoms with Crippen LogP contribution in [-0.4, -0.2) is 24.5 Å². The molecular formula is C11H16FNOS. The van der Waals surface area contributed by atoms with Crippen LogP contribution in [-0.2, 0) is 6.54 Å². The van der Waals surface area contributed by atoms with Crippen molar-refractivity contribution in [3.05, 3.63) is 29.6 Å². The molecule has 2 nitrogen and oxygen atoms in total. The third kappa shape index (κ3) is 4.20. The molecule has 1 aromatic rings. The van der Waals surface area contributed by atoms with Crippen LogP contribution in [0.1, 0.15) is 12.0 Å². The standard InChI is InChI=1S/C11H16FNOS/c1-13-8-9-3-4-11(10(12)7-9)15-6-2-5-14/h3-4,7,13-14H,2,5-6,8H2,1H3. The van der Waals surface area contributed by atoms with E-state index in [0.29, 0.717) is 17.9 Å². The first kappa shape index (κ1) is 12.5. The van der Waals surface area contributed by atoms with Gasteiger partial charge in [-0.3, -0.25) is 0 Å². The summed E-state index contributed by atoms with van der Waals surface area (Å²) in [7, 11) is 1.84. The highest BCUT2D eigenvalue weighted by molar-refractivity contribution is 7.99. The van der Waals surface area contributed by atoms with Crippen molar-refractivity contribution in [3.63, 3.8) is 0 Å². The van der Waals surface area contributed by atoms with Gasteiger partial charge < -0.3 is 10.4 Å². The monoisotopic (exact) mass is 229 g/mol. The number of aliphatic hydroxyl groups is 1. The summed E-state index contributed by atoms with van der Waals surface area (Å²) in [6, 6.07) is 5.27. The van der Waals surface area contributed by atoms with Crippen LogP contribution in [0.15, 0.2) is 23.1 Å². The van der Waals surface area contributed by atoms with E-state index in [2.05, 4.69) is 5.32 Å². The molecule has 0 saturated carbocycles. The van der Waals surface area contributed by atoms with E-state index in [4.69, 9.17) is 5.11 Å². The highest BCUT2D eigenvalue weighted by Crippen LogP contribution is 2.23. The van der Waals surface area contributed by atoms with Gasteiger partial charge in [-0.2, -0.15) is 0 Å². The van der Waals surface area contributed by atoms with Crippen LogP contribution in [0.4, 0.5) is 4.39 Å². The van der Waals surface area contributed by atoms with Crippen LogP contribution in [0.2, 0.25) is 0 Å². The van der Waals surface area contributed by atoms with Crippen molar-refractivity contribution < 1.29 is 9.50 Å². The van der Waals surface area contributed by atoms with Crippen molar-refractivity contribution in [2.75, 3.05) is 19.4 Å². The summed E-state index contributed by atoms with van der Waals surface area (Å²) in [5.41, 5.74) is 0.946. The van der Waals surface area contributed by atoms with Gasteiger partial charge in [0.25, 0.3) is 0 Å². The van der Waals surface area contributed by atoms with Gasteiger partial charge >= 0.3 is 0 Å². The second kappa shape index (κ2) is 6.82. The number of aliphatic hydroxyl groups excluding tert-OH is 1. The summed E-state index contributed by atoms with van der Waals surface area (Å²) in [4.78, 5) is 0.656. The molecule has 0 aliphatic rings. The average Bonchev–Trinajstić information content (AvgIpc) is 2.22. The number of rotatable bonds is 6. The zero-order chi connectivity index (χ0) is 11.1. The van der Waals surface area contributed by atoms with Gasteiger partial charge in [-0.15, -0.1) is 11.8 Å². The van der Waals surface area contributed by atoms with E-state index in [0.717, 1.165) is 11.3 Å². The summed E-state index contributed by atoms with van der Waals surface area (Å²) >= 11 is 1.44. The Morgan fingerprint density at radius 3 is 2.87 bits per heavy atom. The van der Waals surface area contributed by atoms with Crippen LogP contribution in [0.25, 0.3) is 0 Å². The van der Waals surface area contributed by atoms with E-state index in [1.165, 1.54) is 11.8 Å². The lowest BCUT2D eigenvalue weighted by Gasteiger charge is -2.05. The van der Waals surface area contributed by atoms with Crippen LogP contribution >= 0.6 is 11.8 Å². The molecule has 0 saturated heterocycles. The molecule has 4 heteroatoms. The van der Waals surface area contributed by atoms with E-state index < -0.39 is 0 Å². The summed E-state index contributed by atoms with van der Waals surface area (Å²) in [5, 5.41) is 11.6. The fourth-order valence-electron chi connectivity index (χ4n) is 1.22. The smallest absolute Gasteiger partial charge is 0.137 e. The van der Waals surface area contributed by atoms with E-state index in [-0.39, 0.29) is 12.4 Å². The molecule has 15 heavy (non-hydrogen) atoms. The van der Waals surface area contributed by atoms with Crippen molar-refractivity contribution in [1.29, 1.82) is 0 Å². The van der Waals surface area contributed by atoms with E-state index in [1.807, 2.05) is 13.1 Å². The zero-order valence-corrected chi connectivity index (χ0v) is 9.61. The molecule has 0 fully saturated rings. The number of hydrogen-bond donors (Lipinski definition) is 2. The quantitative estimate of drug-likeness (QED) is 0.578. The number of nitrogens with one attached hydrogen (secondary N) is 1. The largest absolute Gasteiger partial charge is 0.396 e. The van der Waals surface area contributed by atoms with Crippen LogP contribution in [0.5, 0.6) is 0 Å². The van der Waals surface area contributed by atoms with Crippen molar-refractivity contribution in [2.45, 2.75) is 17.9 Å². The Morgan fingerprint density at radius 2 is 2.27 bits per heavy atom. The summed E-state index contributed by atoms with van der Waals surface area (Å²) in [6.45, 7) is 0.838. The van der Waals surface area contributed by atoms with Gasteiger partial charge in [-0.1, -0.05) is 6.07 Å². The molecule has 0 unspecified atom stereocenters. The lowest BCUT2D eigenvalue weighted by atomic mass is 10.2. The Kier molecular flexibility index (Phi) is 5.68. The minimum Gasteiger partial charge on any atom is -0.396 e. The first-order valence-corrected chi connectivity index (χ1v) is 5.93. The van der Waals surface area contributed by atoms with Crippen molar-refractivity contribution in [1.82, 2.24) is 5.32 Å². The van der Waals surface area contributed by atoms with Crippen LogP contribution in [0, 0.1) is 5.82 Å². The summed E-state index contributed by atoms with van der Waals surface area (Å²) in [5.74, 6) is 0.574. The maximum atomic E-state index is 13.5. The lowest BCUT2D eigenvalue weighted by molar-refractivity contribution is 0.296. The molecule has 2 N–H and O–H groups in total. The summed E-state index contributed by atoms with van der Waals surface area (Å²) in [6.07, 6.45) is 0.697. The molecule has 0 aromatic heterocycles. The molecule has 0 amide bonds. The van der Waals surface area contributed by atoms with E-state index >= 15 is 0 Å². The molecule has 0 spiro atoms. The second-order valence-electron chi connectivity index (χ2n) is 3.22. The molecule has 1 aromatic carbocycles. The zero-order valence-electron chi connectivity index (χ0n) is 8.79. The number of hydrogen-bond acceptors (Lipinski definition) is 3. The predicted molar refractivity (Wildman–Crippen MR) is 61.6 cm³/mol. The molecule has 0 radical (unpaired) electrons. The predicted octanol–water partition coefficient (Wildman–Crippen LogP) is 2.02. The maximum absolute atomic E-state index is 13.5. The van der Waals surface area contributed by atoms with Gasteiger partial charge in [0, 0.05) is 23.8 Å². The topological polar surface area (TPSA) is 32.3 Å². The molecule has 0 heterocycles. The molecule has 84 valence electrons. The SMILES string of the molecule is CNCc1ccc(SCCCO)c(F)c1. The van der Waals surface area contributed by atoms with Crippen molar-refractivity contribution in [3.8, 4) is 0 Å². The highest BCUT2D eigenvalue weighted by atomic mass is 32.2. The van der Waals surface area contributed by atoms with Gasteiger partial charge in [0.2, 0.25) is 0 Å². The van der Waals surface area contributed by atoms with Gasteiger partial charge in [-0.05, 0) is 31.2 Å². The van der Waals surface area contributed by atoms with E-state index in [9.17, 15) is 4.39 Å². The van der Waals surface area contributed by atoms with Crippen molar-refractivity contribution in [2.24, 2.45) is 0 Å². The third-order valence-corrected chi connectivity index (χ3v) is 3.07. The third-order valence-electron chi connectivity index (χ3n) is 1.94. The number of thioether (sulfide) groups is 1. The fourth-order valence-corrected chi connectivity index (χ4v) is 2.08. The van der Waals surface area contributed by atoms with Gasteiger partial charge in [-0.25, -0.2) is 4.39 Å². The molecule has 0 aliphatic heterocycles. The minimum atomic E-state index is -0.175. The molecule has 0 atom stereocenters. The van der Waals surface area contributed by atoms with Crippen LogP contribution in [0.3, 0.4) is 0 Å². The lowest BCUT2D eigenvalue weighted by Crippen LogP contribution is -2.05. The highest BCUT2D eigenvalue weighted by Gasteiger charge is 2.03. The molecule has 0 aliphatic carbocycles. The number of halogens is 1. The fraction of sp³-hybridized carbons (Fsp3) is 0.455. The minimum absolute atomic E-state index is 0.159. The first-order valence-electron chi connectivity index (χ1n) is 4.94. The van der Waals surface area contributed by atoms with E-state index in [1.54, 1.807) is 12.1 Å². The maximum Gasteiger partial charge on any atom is 0.137 e.